The number of nitrogens with one attached hydrogen (secondary N) is 1. The van der Waals surface area contributed by atoms with Gasteiger partial charge in [-0.05, 0) is 37.8 Å². The van der Waals surface area contributed by atoms with E-state index >= 15 is 0 Å². The number of allylic oxidation sites excluding steroid dienone is 1. The largest absolute Gasteiger partial charge is 0.438 e. The number of hydrogen-bond donors (Lipinski definition) is 2. The Morgan fingerprint density at radius 2 is 1.74 bits per heavy atom. The van der Waals surface area contributed by atoms with Gasteiger partial charge >= 0.3 is 6.18 Å². The van der Waals surface area contributed by atoms with E-state index in [-0.39, 0.29) is 33.4 Å². The van der Waals surface area contributed by atoms with Gasteiger partial charge in [-0.1, -0.05) is 22.6 Å². The van der Waals surface area contributed by atoms with Gasteiger partial charge in [-0.2, -0.15) is 13.2 Å². The van der Waals surface area contributed by atoms with Crippen molar-refractivity contribution in [1.82, 2.24) is 9.84 Å². The van der Waals surface area contributed by atoms with Gasteiger partial charge in [-0.3, -0.25) is 0 Å². The first-order valence-electron chi connectivity index (χ1n) is 7.08. The molecular formula is C14H15F3N2O3S. The first-order valence-corrected chi connectivity index (χ1v) is 8.52. The maximum Gasteiger partial charge on any atom is 0.438 e. The summed E-state index contributed by atoms with van der Waals surface area (Å²) in [5.41, 5.74) is -1.45. The van der Waals surface area contributed by atoms with Crippen LogP contribution in [0, 0.1) is 0 Å². The third-order valence-corrected chi connectivity index (χ3v) is 5.80. The highest BCUT2D eigenvalue weighted by atomic mass is 32.2. The molecule has 5 nitrogen and oxygen atoms in total. The molecule has 0 amide bonds. The highest BCUT2D eigenvalue weighted by Crippen LogP contribution is 2.48. The van der Waals surface area contributed by atoms with Gasteiger partial charge in [0.05, 0.1) is 4.90 Å². The maximum atomic E-state index is 13.6. The second-order valence-corrected chi connectivity index (χ2v) is 7.32. The summed E-state index contributed by atoms with van der Waals surface area (Å²) in [6.07, 6.45) is -3.78. The Morgan fingerprint density at radius 1 is 1.13 bits per heavy atom. The fraction of sp³-hybridized carbons (Fsp3) is 0.429. The number of halogens is 3. The zero-order chi connectivity index (χ0) is 16.9. The molecule has 3 rings (SSSR count). The van der Waals surface area contributed by atoms with E-state index in [2.05, 4.69) is 5.43 Å². The number of sulfonamides is 1. The van der Waals surface area contributed by atoms with Crippen molar-refractivity contribution in [3.8, 4) is 0 Å². The molecule has 9 heteroatoms. The van der Waals surface area contributed by atoms with Crippen LogP contribution in [0.5, 0.6) is 0 Å². The van der Waals surface area contributed by atoms with Gasteiger partial charge in [0.25, 0.3) is 15.7 Å². The Balaban J connectivity index is 2.13. The summed E-state index contributed by atoms with van der Waals surface area (Å²) in [7, 11) is -4.58. The molecule has 0 saturated carbocycles. The number of nitrogens with zero attached hydrogens (tertiary/aromatic N) is 1. The molecule has 23 heavy (non-hydrogen) atoms. The predicted molar refractivity (Wildman–Crippen MR) is 75.1 cm³/mol. The van der Waals surface area contributed by atoms with Crippen LogP contribution in [0.25, 0.3) is 0 Å². The average Bonchev–Trinajstić information content (AvgIpc) is 2.84. The lowest BCUT2D eigenvalue weighted by molar-refractivity contribution is -0.281. The minimum atomic E-state index is -5.16. The molecular weight excluding hydrogens is 333 g/mol. The zero-order valence-electron chi connectivity index (χ0n) is 12.0. The molecule has 2 aliphatic rings. The van der Waals surface area contributed by atoms with Crippen LogP contribution in [-0.2, 0) is 10.0 Å². The monoisotopic (exact) mass is 348 g/mol. The SMILES string of the molecule is O=S(=O)(c1ccccc1)N1NC2=C(CCCC2)C1(O)C(F)(F)F. The molecule has 0 bridgehead atoms. The van der Waals surface area contributed by atoms with Crippen molar-refractivity contribution in [3.63, 3.8) is 0 Å². The predicted octanol–water partition coefficient (Wildman–Crippen LogP) is 2.27. The maximum absolute atomic E-state index is 13.6. The summed E-state index contributed by atoms with van der Waals surface area (Å²) in [6.45, 7) is 0. The molecule has 1 aromatic rings. The molecule has 1 aromatic carbocycles. The summed E-state index contributed by atoms with van der Waals surface area (Å²) >= 11 is 0. The quantitative estimate of drug-likeness (QED) is 0.860. The second-order valence-electron chi connectivity index (χ2n) is 5.53. The number of aliphatic hydroxyl groups is 1. The fourth-order valence-corrected chi connectivity index (χ4v) is 4.46. The van der Waals surface area contributed by atoms with Crippen LogP contribution >= 0.6 is 0 Å². The Hall–Kier alpha value is -1.58. The molecule has 0 radical (unpaired) electrons. The van der Waals surface area contributed by atoms with Gasteiger partial charge in [0.2, 0.25) is 0 Å². The molecule has 126 valence electrons. The van der Waals surface area contributed by atoms with Crippen LogP contribution in [0.3, 0.4) is 0 Å². The Morgan fingerprint density at radius 3 is 2.35 bits per heavy atom. The third-order valence-electron chi connectivity index (χ3n) is 4.10. The number of rotatable bonds is 2. The van der Waals surface area contributed by atoms with E-state index in [4.69, 9.17) is 0 Å². The molecule has 1 atom stereocenters. The summed E-state index contributed by atoms with van der Waals surface area (Å²) in [6, 6.07) is 6.73. The molecule has 1 aliphatic heterocycles. The van der Waals surface area contributed by atoms with Crippen LogP contribution in [-0.4, -0.2) is 29.8 Å². The Kier molecular flexibility index (Phi) is 3.69. The first-order chi connectivity index (χ1) is 10.7. The lowest BCUT2D eigenvalue weighted by Gasteiger charge is -2.35. The normalized spacial score (nSPS) is 26.1. The summed E-state index contributed by atoms with van der Waals surface area (Å²) in [4.78, 5) is -0.324. The zero-order valence-corrected chi connectivity index (χ0v) is 12.8. The standard InChI is InChI=1S/C14H15F3N2O3S/c15-14(16,17)13(20)11-8-4-5-9-12(11)18-19(13)23(21,22)10-6-2-1-3-7-10/h1-3,6-7,18,20H,4-5,8-9H2. The van der Waals surface area contributed by atoms with Crippen molar-refractivity contribution in [1.29, 1.82) is 0 Å². The van der Waals surface area contributed by atoms with Crippen molar-refractivity contribution in [2.45, 2.75) is 42.5 Å². The van der Waals surface area contributed by atoms with Gasteiger partial charge in [-0.15, -0.1) is 0 Å². The molecule has 1 unspecified atom stereocenters. The van der Waals surface area contributed by atoms with E-state index in [0.29, 0.717) is 12.8 Å². The highest BCUT2D eigenvalue weighted by molar-refractivity contribution is 7.89. The van der Waals surface area contributed by atoms with Crippen LogP contribution < -0.4 is 5.43 Å². The highest BCUT2D eigenvalue weighted by Gasteiger charge is 2.67. The van der Waals surface area contributed by atoms with Crippen molar-refractivity contribution in [2.24, 2.45) is 0 Å². The van der Waals surface area contributed by atoms with Crippen molar-refractivity contribution in [3.05, 3.63) is 41.6 Å². The van der Waals surface area contributed by atoms with E-state index in [1.165, 1.54) is 24.3 Å². The molecule has 0 saturated heterocycles. The van der Waals surface area contributed by atoms with E-state index in [1.54, 1.807) is 6.07 Å². The molecule has 1 aliphatic carbocycles. The number of benzene rings is 1. The minimum absolute atomic E-state index is 0.000840. The van der Waals surface area contributed by atoms with E-state index in [9.17, 15) is 26.7 Å². The number of hydrazine groups is 1. The van der Waals surface area contributed by atoms with Crippen molar-refractivity contribution >= 4 is 10.0 Å². The molecule has 0 aromatic heterocycles. The van der Waals surface area contributed by atoms with E-state index in [0.717, 1.165) is 0 Å². The smallest absolute Gasteiger partial charge is 0.362 e. The minimum Gasteiger partial charge on any atom is -0.362 e. The van der Waals surface area contributed by atoms with Crippen LogP contribution in [0.1, 0.15) is 25.7 Å². The van der Waals surface area contributed by atoms with Gasteiger partial charge in [-0.25, -0.2) is 8.42 Å². The van der Waals surface area contributed by atoms with Crippen molar-refractivity contribution < 1.29 is 26.7 Å². The molecule has 0 fully saturated rings. The number of alkyl halides is 3. The van der Waals surface area contributed by atoms with Crippen LogP contribution in [0.2, 0.25) is 0 Å². The van der Waals surface area contributed by atoms with E-state index in [1.807, 2.05) is 0 Å². The average molecular weight is 348 g/mol. The first kappa shape index (κ1) is 16.3. The Bertz CT molecular complexity index is 746. The summed E-state index contributed by atoms with van der Waals surface area (Å²) in [5.74, 6) is 0. The third kappa shape index (κ3) is 2.34. The topological polar surface area (TPSA) is 69.6 Å². The van der Waals surface area contributed by atoms with Crippen molar-refractivity contribution in [2.75, 3.05) is 0 Å². The fourth-order valence-electron chi connectivity index (χ4n) is 2.96. The molecule has 0 spiro atoms. The molecule has 2 N–H and O–H groups in total. The molecule has 1 heterocycles. The lowest BCUT2D eigenvalue weighted by Crippen LogP contribution is -2.61. The van der Waals surface area contributed by atoms with Gasteiger partial charge in [0.1, 0.15) is 0 Å². The van der Waals surface area contributed by atoms with Crippen LogP contribution in [0.4, 0.5) is 13.2 Å². The summed E-state index contributed by atoms with van der Waals surface area (Å²) in [5, 5.41) is 10.4. The second kappa shape index (κ2) is 5.22. The lowest BCUT2D eigenvalue weighted by atomic mass is 9.90. The van der Waals surface area contributed by atoms with Gasteiger partial charge < -0.3 is 10.5 Å². The Labute approximate surface area is 131 Å². The summed E-state index contributed by atoms with van der Waals surface area (Å²) < 4.78 is 65.9. The van der Waals surface area contributed by atoms with Gasteiger partial charge in [0, 0.05) is 11.3 Å². The number of hydrogen-bond acceptors (Lipinski definition) is 4. The van der Waals surface area contributed by atoms with Gasteiger partial charge in [0.15, 0.2) is 0 Å². The van der Waals surface area contributed by atoms with E-state index < -0.39 is 21.9 Å². The van der Waals surface area contributed by atoms with Crippen LogP contribution in [0.15, 0.2) is 46.5 Å².